The lowest BCUT2D eigenvalue weighted by molar-refractivity contribution is 0.276. The van der Waals surface area contributed by atoms with Gasteiger partial charge in [0.2, 0.25) is 0 Å². The minimum Gasteiger partial charge on any atom is -0.394 e. The van der Waals surface area contributed by atoms with Crippen molar-refractivity contribution in [2.45, 2.75) is 13.0 Å². The SMILES string of the molecule is Cc1cc(F)cc(NC(CO)c2ccc(Cl)c(F)c2)c1. The summed E-state index contributed by atoms with van der Waals surface area (Å²) in [5, 5.41) is 12.4. The van der Waals surface area contributed by atoms with E-state index in [4.69, 9.17) is 11.6 Å². The average molecular weight is 298 g/mol. The van der Waals surface area contributed by atoms with Gasteiger partial charge in [-0.05, 0) is 48.4 Å². The van der Waals surface area contributed by atoms with E-state index < -0.39 is 11.9 Å². The third kappa shape index (κ3) is 3.46. The van der Waals surface area contributed by atoms with E-state index in [9.17, 15) is 13.9 Å². The molecule has 0 aromatic heterocycles. The number of aliphatic hydroxyl groups excluding tert-OH is 1. The van der Waals surface area contributed by atoms with Crippen molar-refractivity contribution in [3.05, 3.63) is 64.2 Å². The van der Waals surface area contributed by atoms with Crippen molar-refractivity contribution in [3.8, 4) is 0 Å². The van der Waals surface area contributed by atoms with E-state index in [1.807, 2.05) is 0 Å². The van der Waals surface area contributed by atoms with Crippen LogP contribution in [0.15, 0.2) is 36.4 Å². The highest BCUT2D eigenvalue weighted by molar-refractivity contribution is 6.30. The summed E-state index contributed by atoms with van der Waals surface area (Å²) in [7, 11) is 0. The van der Waals surface area contributed by atoms with Gasteiger partial charge in [0.15, 0.2) is 0 Å². The molecule has 0 aliphatic carbocycles. The monoisotopic (exact) mass is 297 g/mol. The van der Waals surface area contributed by atoms with Crippen LogP contribution in [0.4, 0.5) is 14.5 Å². The van der Waals surface area contributed by atoms with E-state index in [1.54, 1.807) is 19.1 Å². The summed E-state index contributed by atoms with van der Waals surface area (Å²) < 4.78 is 26.8. The van der Waals surface area contributed by atoms with Crippen LogP contribution in [0.3, 0.4) is 0 Å². The van der Waals surface area contributed by atoms with Crippen molar-refractivity contribution in [1.82, 2.24) is 0 Å². The first kappa shape index (κ1) is 14.8. The second kappa shape index (κ2) is 6.20. The second-order valence-corrected chi connectivity index (χ2v) is 4.98. The minimum absolute atomic E-state index is 0.0204. The van der Waals surface area contributed by atoms with Gasteiger partial charge in [-0.3, -0.25) is 0 Å². The zero-order chi connectivity index (χ0) is 14.7. The molecule has 5 heteroatoms. The van der Waals surface area contributed by atoms with Crippen LogP contribution in [-0.4, -0.2) is 11.7 Å². The van der Waals surface area contributed by atoms with Crippen molar-refractivity contribution in [2.75, 3.05) is 11.9 Å². The number of hydrogen-bond acceptors (Lipinski definition) is 2. The Morgan fingerprint density at radius 2 is 1.95 bits per heavy atom. The van der Waals surface area contributed by atoms with E-state index in [2.05, 4.69) is 5.32 Å². The Balaban J connectivity index is 2.26. The number of anilines is 1. The number of halogens is 3. The van der Waals surface area contributed by atoms with Crippen molar-refractivity contribution in [2.24, 2.45) is 0 Å². The van der Waals surface area contributed by atoms with Crippen LogP contribution in [-0.2, 0) is 0 Å². The zero-order valence-electron chi connectivity index (χ0n) is 10.8. The molecular formula is C15H14ClF2NO. The molecule has 2 N–H and O–H groups in total. The highest BCUT2D eigenvalue weighted by Gasteiger charge is 2.13. The second-order valence-electron chi connectivity index (χ2n) is 4.57. The van der Waals surface area contributed by atoms with Crippen LogP contribution >= 0.6 is 11.6 Å². The highest BCUT2D eigenvalue weighted by atomic mass is 35.5. The Kier molecular flexibility index (Phi) is 4.57. The molecule has 2 nitrogen and oxygen atoms in total. The summed E-state index contributed by atoms with van der Waals surface area (Å²) in [4.78, 5) is 0. The Hall–Kier alpha value is -1.65. The van der Waals surface area contributed by atoms with Gasteiger partial charge >= 0.3 is 0 Å². The van der Waals surface area contributed by atoms with Crippen LogP contribution in [0, 0.1) is 18.6 Å². The van der Waals surface area contributed by atoms with Gasteiger partial charge in [0.05, 0.1) is 17.7 Å². The predicted molar refractivity (Wildman–Crippen MR) is 76.0 cm³/mol. The molecule has 0 heterocycles. The molecule has 0 bridgehead atoms. The number of benzene rings is 2. The van der Waals surface area contributed by atoms with Gasteiger partial charge in [0.25, 0.3) is 0 Å². The molecule has 2 rings (SSSR count). The normalized spacial score (nSPS) is 12.2. The molecule has 0 fully saturated rings. The number of aryl methyl sites for hydroxylation is 1. The molecule has 0 saturated carbocycles. The van der Waals surface area contributed by atoms with Crippen molar-refractivity contribution in [1.29, 1.82) is 0 Å². The fourth-order valence-electron chi connectivity index (χ4n) is 1.98. The molecule has 0 amide bonds. The average Bonchev–Trinajstić information content (AvgIpc) is 2.38. The molecule has 1 unspecified atom stereocenters. The summed E-state index contributed by atoms with van der Waals surface area (Å²) in [6, 6.07) is 8.23. The fourth-order valence-corrected chi connectivity index (χ4v) is 2.10. The minimum atomic E-state index is -0.556. The van der Waals surface area contributed by atoms with E-state index in [0.29, 0.717) is 11.3 Å². The van der Waals surface area contributed by atoms with Crippen LogP contribution in [0.25, 0.3) is 0 Å². The van der Waals surface area contributed by atoms with Gasteiger partial charge in [-0.2, -0.15) is 0 Å². The number of hydrogen-bond donors (Lipinski definition) is 2. The molecule has 0 radical (unpaired) electrons. The van der Waals surface area contributed by atoms with Gasteiger partial charge in [0, 0.05) is 5.69 Å². The number of aliphatic hydroxyl groups is 1. The van der Waals surface area contributed by atoms with Crippen LogP contribution in [0.5, 0.6) is 0 Å². The summed E-state index contributed by atoms with van der Waals surface area (Å²) >= 11 is 5.62. The fraction of sp³-hybridized carbons (Fsp3) is 0.200. The molecule has 0 spiro atoms. The molecule has 20 heavy (non-hydrogen) atoms. The summed E-state index contributed by atoms with van der Waals surface area (Å²) in [5.41, 5.74) is 1.82. The Labute approximate surface area is 121 Å². The number of rotatable bonds is 4. The maximum atomic E-state index is 13.4. The summed E-state index contributed by atoms with van der Waals surface area (Å²) in [6.45, 7) is 1.51. The van der Waals surface area contributed by atoms with E-state index in [1.165, 1.54) is 24.3 Å². The number of nitrogens with one attached hydrogen (secondary N) is 1. The van der Waals surface area contributed by atoms with Crippen molar-refractivity contribution >= 4 is 17.3 Å². The van der Waals surface area contributed by atoms with Gasteiger partial charge in [-0.1, -0.05) is 17.7 Å². The maximum Gasteiger partial charge on any atom is 0.142 e. The summed E-state index contributed by atoms with van der Waals surface area (Å²) in [6.07, 6.45) is 0. The first-order valence-corrected chi connectivity index (χ1v) is 6.47. The Morgan fingerprint density at radius 3 is 2.55 bits per heavy atom. The molecule has 2 aromatic rings. The largest absolute Gasteiger partial charge is 0.394 e. The Morgan fingerprint density at radius 1 is 1.20 bits per heavy atom. The third-order valence-corrected chi connectivity index (χ3v) is 3.22. The van der Waals surface area contributed by atoms with Crippen LogP contribution in [0.2, 0.25) is 5.02 Å². The Bertz CT molecular complexity index is 599. The topological polar surface area (TPSA) is 32.3 Å². The molecule has 1 atom stereocenters. The standard InChI is InChI=1S/C15H14ClF2NO/c1-9-4-11(17)7-12(5-9)19-15(8-20)10-2-3-13(16)14(18)6-10/h2-7,15,19-20H,8H2,1H3. The quantitative estimate of drug-likeness (QED) is 0.891. The highest BCUT2D eigenvalue weighted by Crippen LogP contribution is 2.24. The van der Waals surface area contributed by atoms with E-state index in [0.717, 1.165) is 5.56 Å². The lowest BCUT2D eigenvalue weighted by Crippen LogP contribution is -2.15. The van der Waals surface area contributed by atoms with Crippen molar-refractivity contribution < 1.29 is 13.9 Å². The lowest BCUT2D eigenvalue weighted by atomic mass is 10.1. The predicted octanol–water partition coefficient (Wildman–Crippen LogP) is 4.07. The van der Waals surface area contributed by atoms with E-state index in [-0.39, 0.29) is 17.4 Å². The van der Waals surface area contributed by atoms with Gasteiger partial charge < -0.3 is 10.4 Å². The van der Waals surface area contributed by atoms with Gasteiger partial charge in [0.1, 0.15) is 11.6 Å². The van der Waals surface area contributed by atoms with Crippen molar-refractivity contribution in [3.63, 3.8) is 0 Å². The molecule has 2 aromatic carbocycles. The van der Waals surface area contributed by atoms with Gasteiger partial charge in [-0.25, -0.2) is 8.78 Å². The maximum absolute atomic E-state index is 13.4. The molecule has 0 aliphatic rings. The first-order valence-electron chi connectivity index (χ1n) is 6.09. The lowest BCUT2D eigenvalue weighted by Gasteiger charge is -2.19. The molecule has 106 valence electrons. The summed E-state index contributed by atoms with van der Waals surface area (Å²) in [5.74, 6) is -0.925. The third-order valence-electron chi connectivity index (χ3n) is 2.91. The van der Waals surface area contributed by atoms with Crippen LogP contribution < -0.4 is 5.32 Å². The molecular weight excluding hydrogens is 284 g/mol. The van der Waals surface area contributed by atoms with Crippen LogP contribution in [0.1, 0.15) is 17.2 Å². The van der Waals surface area contributed by atoms with E-state index >= 15 is 0 Å². The zero-order valence-corrected chi connectivity index (χ0v) is 11.6. The van der Waals surface area contributed by atoms with Gasteiger partial charge in [-0.15, -0.1) is 0 Å². The molecule has 0 saturated heterocycles. The first-order chi connectivity index (χ1) is 9.49. The molecule has 0 aliphatic heterocycles. The smallest absolute Gasteiger partial charge is 0.142 e.